The summed E-state index contributed by atoms with van der Waals surface area (Å²) in [5.74, 6) is 0.420. The second-order valence-electron chi connectivity index (χ2n) is 5.09. The first-order chi connectivity index (χ1) is 11.2. The molecule has 1 N–H and O–H groups in total. The summed E-state index contributed by atoms with van der Waals surface area (Å²) < 4.78 is 33.9. The highest BCUT2D eigenvalue weighted by atomic mass is 79.9. The Morgan fingerprint density at radius 3 is 2.58 bits per heavy atom. The third-order valence-electron chi connectivity index (χ3n) is 2.87. The molecule has 5 nitrogen and oxygen atoms in total. The van der Waals surface area contributed by atoms with E-state index in [-0.39, 0.29) is 4.21 Å². The average Bonchev–Trinajstić information content (AvgIpc) is 2.82. The van der Waals surface area contributed by atoms with Crippen molar-refractivity contribution in [2.75, 3.05) is 32.0 Å². The Hall–Kier alpha value is -0.510. The van der Waals surface area contributed by atoms with Gasteiger partial charge in [0.1, 0.15) is 20.9 Å². The number of thiophene rings is 1. The van der Waals surface area contributed by atoms with Gasteiger partial charge in [-0.3, -0.25) is 4.72 Å². The van der Waals surface area contributed by atoms with Crippen molar-refractivity contribution >= 4 is 66.2 Å². The molecule has 0 unspecified atom stereocenters. The Morgan fingerprint density at radius 2 is 2.00 bits per heavy atom. The first kappa shape index (κ1) is 19.8. The van der Waals surface area contributed by atoms with Crippen molar-refractivity contribution < 1.29 is 13.2 Å². The zero-order chi connectivity index (χ0) is 17.9. The number of ether oxygens (including phenoxy) is 1. The molecule has 24 heavy (non-hydrogen) atoms. The zero-order valence-corrected chi connectivity index (χ0v) is 17.6. The summed E-state index contributed by atoms with van der Waals surface area (Å²) in [6.45, 7) is 1.16. The Balaban J connectivity index is 2.17. The molecule has 0 saturated heterocycles. The number of anilines is 1. The molecule has 0 aliphatic heterocycles. The second kappa shape index (κ2) is 8.25. The summed E-state index contributed by atoms with van der Waals surface area (Å²) in [6, 6.07) is 6.17. The smallest absolute Gasteiger partial charge is 0.271 e. The van der Waals surface area contributed by atoms with E-state index in [4.69, 9.17) is 27.9 Å². The summed E-state index contributed by atoms with van der Waals surface area (Å²) in [6.07, 6.45) is 0. The van der Waals surface area contributed by atoms with Crippen molar-refractivity contribution in [1.82, 2.24) is 4.90 Å². The van der Waals surface area contributed by atoms with Crippen LogP contribution >= 0.6 is 50.5 Å². The number of hydrogen-bond acceptors (Lipinski definition) is 5. The summed E-state index contributed by atoms with van der Waals surface area (Å²) in [4.78, 5) is 1.97. The molecule has 10 heteroatoms. The van der Waals surface area contributed by atoms with Gasteiger partial charge in [0.15, 0.2) is 0 Å². The van der Waals surface area contributed by atoms with Crippen molar-refractivity contribution in [2.45, 2.75) is 4.21 Å². The van der Waals surface area contributed by atoms with Gasteiger partial charge in [-0.2, -0.15) is 0 Å². The number of halogens is 3. The van der Waals surface area contributed by atoms with Gasteiger partial charge in [-0.15, -0.1) is 11.3 Å². The number of likely N-dealkylation sites (N-methyl/N-ethyl adjacent to an activating group) is 1. The highest BCUT2D eigenvalue weighted by molar-refractivity contribution is 9.10. The van der Waals surface area contributed by atoms with Crippen LogP contribution < -0.4 is 9.46 Å². The van der Waals surface area contributed by atoms with E-state index in [9.17, 15) is 8.42 Å². The summed E-state index contributed by atoms with van der Waals surface area (Å²) in [5.41, 5.74) is 0.361. The number of rotatable bonds is 7. The SMILES string of the molecule is CN(C)CCOc1cc(NS(=O)(=O)c2cc(Br)c(Cl)s2)ccc1Cl. The number of sulfonamides is 1. The molecular weight excluding hydrogens is 459 g/mol. The van der Waals surface area contributed by atoms with Crippen LogP contribution in [0.15, 0.2) is 32.9 Å². The zero-order valence-electron chi connectivity index (χ0n) is 12.8. The molecule has 0 saturated carbocycles. The van der Waals surface area contributed by atoms with Crippen LogP contribution in [-0.4, -0.2) is 40.6 Å². The maximum atomic E-state index is 12.4. The predicted molar refractivity (Wildman–Crippen MR) is 103 cm³/mol. The number of hydrogen-bond donors (Lipinski definition) is 1. The summed E-state index contributed by atoms with van der Waals surface area (Å²) in [5, 5.41) is 0.415. The van der Waals surface area contributed by atoms with E-state index in [0.717, 1.165) is 11.3 Å². The first-order valence-electron chi connectivity index (χ1n) is 6.74. The summed E-state index contributed by atoms with van der Waals surface area (Å²) in [7, 11) is 0.129. The molecule has 2 aromatic rings. The Kier molecular flexibility index (Phi) is 6.81. The molecule has 0 bridgehead atoms. The summed E-state index contributed by atoms with van der Waals surface area (Å²) >= 11 is 16.2. The number of benzene rings is 1. The lowest BCUT2D eigenvalue weighted by Gasteiger charge is -2.13. The normalized spacial score (nSPS) is 11.8. The molecule has 0 fully saturated rings. The molecule has 0 spiro atoms. The largest absolute Gasteiger partial charge is 0.491 e. The van der Waals surface area contributed by atoms with Gasteiger partial charge in [0.05, 0.1) is 10.7 Å². The number of nitrogens with zero attached hydrogens (tertiary/aromatic N) is 1. The second-order valence-corrected chi connectivity index (χ2v) is 9.91. The minimum absolute atomic E-state index is 0.115. The van der Waals surface area contributed by atoms with Gasteiger partial charge < -0.3 is 9.64 Å². The van der Waals surface area contributed by atoms with Crippen molar-refractivity contribution in [3.05, 3.63) is 38.1 Å². The van der Waals surface area contributed by atoms with E-state index in [2.05, 4.69) is 20.7 Å². The number of nitrogens with one attached hydrogen (secondary N) is 1. The Labute approximate surface area is 163 Å². The highest BCUT2D eigenvalue weighted by Gasteiger charge is 2.19. The molecule has 1 aromatic carbocycles. The minimum atomic E-state index is -3.73. The van der Waals surface area contributed by atoms with E-state index in [0.29, 0.717) is 38.4 Å². The van der Waals surface area contributed by atoms with Gasteiger partial charge in [0.25, 0.3) is 10.0 Å². The molecule has 0 amide bonds. The fourth-order valence-electron chi connectivity index (χ4n) is 1.68. The van der Waals surface area contributed by atoms with Crippen LogP contribution in [0.25, 0.3) is 0 Å². The van der Waals surface area contributed by atoms with Crippen molar-refractivity contribution in [3.8, 4) is 5.75 Å². The van der Waals surface area contributed by atoms with Gasteiger partial charge >= 0.3 is 0 Å². The molecule has 0 atom stereocenters. The monoisotopic (exact) mass is 472 g/mol. The van der Waals surface area contributed by atoms with Crippen LogP contribution in [0.2, 0.25) is 9.36 Å². The van der Waals surface area contributed by atoms with E-state index in [1.165, 1.54) is 6.07 Å². The minimum Gasteiger partial charge on any atom is -0.491 e. The maximum absolute atomic E-state index is 12.4. The fraction of sp³-hybridized carbons (Fsp3) is 0.286. The highest BCUT2D eigenvalue weighted by Crippen LogP contribution is 2.36. The molecule has 0 radical (unpaired) electrons. The van der Waals surface area contributed by atoms with Crippen LogP contribution in [0.5, 0.6) is 5.75 Å². The van der Waals surface area contributed by atoms with Gasteiger partial charge in [-0.05, 0) is 48.2 Å². The Morgan fingerprint density at radius 1 is 1.29 bits per heavy atom. The lowest BCUT2D eigenvalue weighted by Crippen LogP contribution is -2.19. The maximum Gasteiger partial charge on any atom is 0.271 e. The third kappa shape index (κ3) is 5.24. The molecular formula is C14H15BrCl2N2O3S2. The van der Waals surface area contributed by atoms with E-state index >= 15 is 0 Å². The topological polar surface area (TPSA) is 58.6 Å². The van der Waals surface area contributed by atoms with Crippen LogP contribution in [-0.2, 0) is 10.0 Å². The molecule has 0 aliphatic carbocycles. The van der Waals surface area contributed by atoms with Crippen molar-refractivity contribution in [2.24, 2.45) is 0 Å². The van der Waals surface area contributed by atoms with Crippen LogP contribution in [0.3, 0.4) is 0 Å². The van der Waals surface area contributed by atoms with Crippen molar-refractivity contribution in [3.63, 3.8) is 0 Å². The lowest BCUT2D eigenvalue weighted by molar-refractivity contribution is 0.261. The van der Waals surface area contributed by atoms with Crippen LogP contribution in [0.1, 0.15) is 0 Å². The van der Waals surface area contributed by atoms with Gasteiger partial charge in [0, 0.05) is 17.1 Å². The average molecular weight is 474 g/mol. The molecule has 0 aliphatic rings. The van der Waals surface area contributed by atoms with E-state index < -0.39 is 10.0 Å². The Bertz CT molecular complexity index is 806. The van der Waals surface area contributed by atoms with Gasteiger partial charge in [-0.25, -0.2) is 8.42 Å². The predicted octanol–water partition coefficient (Wildman–Crippen LogP) is 4.56. The molecule has 132 valence electrons. The quantitative estimate of drug-likeness (QED) is 0.640. The van der Waals surface area contributed by atoms with Crippen LogP contribution in [0, 0.1) is 0 Å². The van der Waals surface area contributed by atoms with E-state index in [1.807, 2.05) is 19.0 Å². The van der Waals surface area contributed by atoms with Crippen molar-refractivity contribution in [1.29, 1.82) is 0 Å². The molecule has 1 heterocycles. The molecule has 1 aromatic heterocycles. The third-order valence-corrected chi connectivity index (χ3v) is 7.51. The first-order valence-corrected chi connectivity index (χ1v) is 10.6. The van der Waals surface area contributed by atoms with Crippen LogP contribution in [0.4, 0.5) is 5.69 Å². The standard InChI is InChI=1S/C14H15BrCl2N2O3S2/c1-19(2)5-6-22-12-7-9(3-4-11(12)16)18-24(20,21)13-8-10(15)14(17)23-13/h3-4,7-8,18H,5-6H2,1-2H3. The van der Waals surface area contributed by atoms with Gasteiger partial charge in [0.2, 0.25) is 0 Å². The lowest BCUT2D eigenvalue weighted by atomic mass is 10.3. The van der Waals surface area contributed by atoms with E-state index in [1.54, 1.807) is 18.2 Å². The van der Waals surface area contributed by atoms with Gasteiger partial charge in [-0.1, -0.05) is 23.2 Å². The fourth-order valence-corrected chi connectivity index (χ4v) is 5.20. The molecule has 2 rings (SSSR count).